The molecule has 0 aliphatic heterocycles. The standard InChI is InChI=1S/C9H9BrO4S/c1-2-14-9(11)6-4-3-5-7(10)8(6)15(12)13/h3-5,15H,2H2,1H3. The molecule has 0 spiro atoms. The van der Waals surface area contributed by atoms with Crippen molar-refractivity contribution in [3.05, 3.63) is 28.2 Å². The Labute approximate surface area is 97.3 Å². The minimum atomic E-state index is -2.83. The molecule has 1 rings (SSSR count). The average Bonchev–Trinajstić information content (AvgIpc) is 2.17. The number of rotatable bonds is 3. The second-order valence-electron chi connectivity index (χ2n) is 2.61. The maximum atomic E-state index is 11.4. The van der Waals surface area contributed by atoms with Gasteiger partial charge in [0.15, 0.2) is 10.7 Å². The molecule has 0 saturated heterocycles. The summed E-state index contributed by atoms with van der Waals surface area (Å²) in [5.41, 5.74) is 0.0577. The first-order valence-electron chi connectivity index (χ1n) is 4.18. The summed E-state index contributed by atoms with van der Waals surface area (Å²) in [6.45, 7) is 1.87. The molecule has 0 aliphatic carbocycles. The molecule has 0 amide bonds. The van der Waals surface area contributed by atoms with Crippen molar-refractivity contribution in [1.29, 1.82) is 0 Å². The molecule has 0 aliphatic rings. The Morgan fingerprint density at radius 1 is 1.47 bits per heavy atom. The third-order valence-electron chi connectivity index (χ3n) is 1.66. The molecule has 0 fully saturated rings. The highest BCUT2D eigenvalue weighted by molar-refractivity contribution is 9.10. The van der Waals surface area contributed by atoms with Crippen LogP contribution >= 0.6 is 15.9 Å². The number of carbonyl (C=O) groups excluding carboxylic acids is 1. The predicted octanol–water partition coefficient (Wildman–Crippen LogP) is 1.60. The lowest BCUT2D eigenvalue weighted by molar-refractivity contribution is 0.0522. The summed E-state index contributed by atoms with van der Waals surface area (Å²) < 4.78 is 27.0. The van der Waals surface area contributed by atoms with E-state index in [9.17, 15) is 13.2 Å². The fourth-order valence-electron chi connectivity index (χ4n) is 1.07. The van der Waals surface area contributed by atoms with E-state index >= 15 is 0 Å². The van der Waals surface area contributed by atoms with Gasteiger partial charge < -0.3 is 4.74 Å². The van der Waals surface area contributed by atoms with Crippen LogP contribution in [0.15, 0.2) is 27.6 Å². The maximum absolute atomic E-state index is 11.4. The van der Waals surface area contributed by atoms with Gasteiger partial charge in [-0.1, -0.05) is 6.07 Å². The van der Waals surface area contributed by atoms with Crippen LogP contribution in [0.1, 0.15) is 17.3 Å². The monoisotopic (exact) mass is 292 g/mol. The van der Waals surface area contributed by atoms with Crippen LogP contribution in [-0.4, -0.2) is 21.0 Å². The molecule has 4 nitrogen and oxygen atoms in total. The van der Waals surface area contributed by atoms with E-state index in [0.717, 1.165) is 0 Å². The van der Waals surface area contributed by atoms with Gasteiger partial charge in [0, 0.05) is 4.47 Å². The number of ether oxygens (including phenoxy) is 1. The van der Waals surface area contributed by atoms with Crippen LogP contribution in [-0.2, 0) is 15.4 Å². The number of halogens is 1. The van der Waals surface area contributed by atoms with Gasteiger partial charge in [0.25, 0.3) is 0 Å². The van der Waals surface area contributed by atoms with Crippen LogP contribution < -0.4 is 0 Å². The van der Waals surface area contributed by atoms with Crippen LogP contribution in [0.5, 0.6) is 0 Å². The first kappa shape index (κ1) is 12.2. The molecule has 0 radical (unpaired) electrons. The summed E-state index contributed by atoms with van der Waals surface area (Å²) in [5.74, 6) is -0.631. The molecule has 0 bridgehead atoms. The van der Waals surface area contributed by atoms with E-state index in [2.05, 4.69) is 15.9 Å². The van der Waals surface area contributed by atoms with Crippen molar-refractivity contribution in [1.82, 2.24) is 0 Å². The number of esters is 1. The summed E-state index contributed by atoms with van der Waals surface area (Å²) in [7, 11) is -2.83. The fourth-order valence-corrected chi connectivity index (χ4v) is 2.49. The zero-order valence-corrected chi connectivity index (χ0v) is 10.4. The Bertz CT molecular complexity index is 445. The van der Waals surface area contributed by atoms with Gasteiger partial charge in [-0.25, -0.2) is 13.2 Å². The maximum Gasteiger partial charge on any atom is 0.339 e. The van der Waals surface area contributed by atoms with Gasteiger partial charge in [-0.2, -0.15) is 0 Å². The smallest absolute Gasteiger partial charge is 0.339 e. The topological polar surface area (TPSA) is 60.4 Å². The van der Waals surface area contributed by atoms with Gasteiger partial charge in [-0.05, 0) is 35.0 Å². The number of hydrogen-bond donors (Lipinski definition) is 1. The molecule has 15 heavy (non-hydrogen) atoms. The highest BCUT2D eigenvalue weighted by Gasteiger charge is 2.16. The quantitative estimate of drug-likeness (QED) is 0.679. The SMILES string of the molecule is CCOC(=O)c1cccc(Br)c1[SH](=O)=O. The molecule has 1 aromatic rings. The van der Waals surface area contributed by atoms with E-state index in [4.69, 9.17) is 4.74 Å². The Morgan fingerprint density at radius 3 is 2.67 bits per heavy atom. The molecule has 82 valence electrons. The van der Waals surface area contributed by atoms with Crippen molar-refractivity contribution in [3.63, 3.8) is 0 Å². The lowest BCUT2D eigenvalue weighted by atomic mass is 10.2. The van der Waals surface area contributed by atoms with Gasteiger partial charge in [0.2, 0.25) is 0 Å². The zero-order chi connectivity index (χ0) is 11.4. The molecular formula is C9H9BrO4S. The second kappa shape index (κ2) is 5.27. The average molecular weight is 293 g/mol. The normalized spacial score (nSPS) is 10.3. The summed E-state index contributed by atoms with van der Waals surface area (Å²) in [6, 6.07) is 4.56. The van der Waals surface area contributed by atoms with Crippen LogP contribution in [0.3, 0.4) is 0 Å². The van der Waals surface area contributed by atoms with E-state index in [1.807, 2.05) is 0 Å². The molecular weight excluding hydrogens is 284 g/mol. The van der Waals surface area contributed by atoms with Gasteiger partial charge in [0.1, 0.15) is 0 Å². The summed E-state index contributed by atoms with van der Waals surface area (Å²) in [6.07, 6.45) is 0. The van der Waals surface area contributed by atoms with Crippen LogP contribution in [0.25, 0.3) is 0 Å². The van der Waals surface area contributed by atoms with Crippen molar-refractivity contribution < 1.29 is 17.9 Å². The molecule has 0 N–H and O–H groups in total. The van der Waals surface area contributed by atoms with E-state index in [1.54, 1.807) is 19.1 Å². The van der Waals surface area contributed by atoms with E-state index in [0.29, 0.717) is 4.47 Å². The summed E-state index contributed by atoms with van der Waals surface area (Å²) >= 11 is 3.08. The van der Waals surface area contributed by atoms with Gasteiger partial charge in [-0.3, -0.25) is 0 Å². The Morgan fingerprint density at radius 2 is 2.13 bits per heavy atom. The number of carbonyl (C=O) groups is 1. The van der Waals surface area contributed by atoms with Gasteiger partial charge in [-0.15, -0.1) is 0 Å². The Balaban J connectivity index is 3.29. The summed E-state index contributed by atoms with van der Waals surface area (Å²) in [4.78, 5) is 11.4. The third-order valence-corrected chi connectivity index (χ3v) is 3.48. The fraction of sp³-hybridized carbons (Fsp3) is 0.222. The first-order valence-corrected chi connectivity index (χ1v) is 6.15. The molecule has 0 atom stereocenters. The van der Waals surface area contributed by atoms with Crippen molar-refractivity contribution in [2.75, 3.05) is 6.61 Å². The highest BCUT2D eigenvalue weighted by atomic mass is 79.9. The van der Waals surface area contributed by atoms with Crippen molar-refractivity contribution in [3.8, 4) is 0 Å². The van der Waals surface area contributed by atoms with E-state index in [1.165, 1.54) is 6.07 Å². The minimum absolute atomic E-state index is 0.0362. The molecule has 0 heterocycles. The number of benzene rings is 1. The molecule has 0 unspecified atom stereocenters. The largest absolute Gasteiger partial charge is 0.462 e. The molecule has 0 saturated carbocycles. The van der Waals surface area contributed by atoms with Crippen LogP contribution in [0.4, 0.5) is 0 Å². The van der Waals surface area contributed by atoms with Crippen LogP contribution in [0.2, 0.25) is 0 Å². The Kier molecular flexibility index (Phi) is 4.28. The van der Waals surface area contributed by atoms with E-state index in [-0.39, 0.29) is 17.1 Å². The minimum Gasteiger partial charge on any atom is -0.462 e. The van der Waals surface area contributed by atoms with Crippen molar-refractivity contribution in [2.24, 2.45) is 0 Å². The third kappa shape index (κ3) is 2.79. The van der Waals surface area contributed by atoms with Crippen molar-refractivity contribution >= 4 is 32.6 Å². The van der Waals surface area contributed by atoms with Gasteiger partial charge >= 0.3 is 5.97 Å². The molecule has 1 aromatic carbocycles. The molecule has 6 heteroatoms. The van der Waals surface area contributed by atoms with E-state index < -0.39 is 16.7 Å². The first-order chi connectivity index (χ1) is 7.07. The Hall–Kier alpha value is -0.880. The predicted molar refractivity (Wildman–Crippen MR) is 58.7 cm³/mol. The lowest BCUT2D eigenvalue weighted by Crippen LogP contribution is -2.07. The van der Waals surface area contributed by atoms with Crippen molar-refractivity contribution in [2.45, 2.75) is 11.8 Å². The lowest BCUT2D eigenvalue weighted by Gasteiger charge is -2.05. The number of thiol groups is 1. The highest BCUT2D eigenvalue weighted by Crippen LogP contribution is 2.22. The zero-order valence-electron chi connectivity index (χ0n) is 7.90. The molecule has 0 aromatic heterocycles. The number of hydrogen-bond acceptors (Lipinski definition) is 4. The van der Waals surface area contributed by atoms with Crippen LogP contribution in [0, 0.1) is 0 Å². The summed E-state index contributed by atoms with van der Waals surface area (Å²) in [5, 5.41) is 0. The second-order valence-corrected chi connectivity index (χ2v) is 4.43. The van der Waals surface area contributed by atoms with Gasteiger partial charge in [0.05, 0.1) is 17.1 Å².